The van der Waals surface area contributed by atoms with Crippen molar-refractivity contribution < 1.29 is 4.74 Å². The van der Waals surface area contributed by atoms with Crippen LogP contribution in [-0.4, -0.2) is 44.2 Å². The molecule has 156 valence electrons. The van der Waals surface area contributed by atoms with Gasteiger partial charge in [-0.2, -0.15) is 0 Å². The van der Waals surface area contributed by atoms with Gasteiger partial charge in [0.15, 0.2) is 5.96 Å². The van der Waals surface area contributed by atoms with E-state index in [1.807, 2.05) is 24.4 Å². The van der Waals surface area contributed by atoms with Crippen molar-refractivity contribution in [3.63, 3.8) is 0 Å². The summed E-state index contributed by atoms with van der Waals surface area (Å²) in [6.45, 7) is 7.28. The highest BCUT2D eigenvalue weighted by Crippen LogP contribution is 2.17. The van der Waals surface area contributed by atoms with Crippen LogP contribution in [0, 0.1) is 5.92 Å². The van der Waals surface area contributed by atoms with Crippen molar-refractivity contribution in [1.82, 2.24) is 15.6 Å². The van der Waals surface area contributed by atoms with Crippen molar-refractivity contribution >= 4 is 11.8 Å². The number of hydrogen-bond donors (Lipinski definition) is 2. The summed E-state index contributed by atoms with van der Waals surface area (Å²) in [6, 6.07) is 14.5. The molecule has 1 aromatic carbocycles. The summed E-state index contributed by atoms with van der Waals surface area (Å²) in [5.41, 5.74) is 2.35. The molecule has 0 aliphatic carbocycles. The molecule has 0 spiro atoms. The molecule has 0 radical (unpaired) electrons. The van der Waals surface area contributed by atoms with E-state index < -0.39 is 0 Å². The Morgan fingerprint density at radius 3 is 2.59 bits per heavy atom. The summed E-state index contributed by atoms with van der Waals surface area (Å²) in [6.07, 6.45) is 4.49. The Hall–Kier alpha value is -2.60. The Kier molecular flexibility index (Phi) is 8.31. The lowest BCUT2D eigenvalue weighted by atomic mass is 10.2. The molecule has 1 atom stereocenters. The molecule has 6 nitrogen and oxygen atoms in total. The zero-order valence-electron chi connectivity index (χ0n) is 17.6. The lowest BCUT2D eigenvalue weighted by molar-refractivity contribution is 0.0931. The van der Waals surface area contributed by atoms with Crippen LogP contribution in [-0.2, 0) is 17.9 Å². The summed E-state index contributed by atoms with van der Waals surface area (Å²) < 4.78 is 5.82. The van der Waals surface area contributed by atoms with Gasteiger partial charge < -0.3 is 20.3 Å². The van der Waals surface area contributed by atoms with Gasteiger partial charge in [-0.25, -0.2) is 4.98 Å². The van der Waals surface area contributed by atoms with E-state index in [1.54, 1.807) is 7.05 Å². The predicted octanol–water partition coefficient (Wildman–Crippen LogP) is 3.20. The van der Waals surface area contributed by atoms with Crippen molar-refractivity contribution in [3.8, 4) is 0 Å². The van der Waals surface area contributed by atoms with Gasteiger partial charge in [0.25, 0.3) is 0 Å². The van der Waals surface area contributed by atoms with E-state index in [9.17, 15) is 0 Å². The van der Waals surface area contributed by atoms with E-state index in [0.717, 1.165) is 37.0 Å². The quantitative estimate of drug-likeness (QED) is 0.504. The molecule has 29 heavy (non-hydrogen) atoms. The first-order valence-corrected chi connectivity index (χ1v) is 10.5. The number of pyridine rings is 1. The number of rotatable bonds is 9. The summed E-state index contributed by atoms with van der Waals surface area (Å²) >= 11 is 0. The zero-order valence-corrected chi connectivity index (χ0v) is 17.6. The molecule has 1 fully saturated rings. The van der Waals surface area contributed by atoms with Crippen molar-refractivity contribution in [1.29, 1.82) is 0 Å². The van der Waals surface area contributed by atoms with Crippen molar-refractivity contribution in [2.75, 3.05) is 38.2 Å². The van der Waals surface area contributed by atoms with E-state index >= 15 is 0 Å². The summed E-state index contributed by atoms with van der Waals surface area (Å²) in [4.78, 5) is 11.3. The highest BCUT2D eigenvalue weighted by atomic mass is 16.5. The molecule has 2 heterocycles. The Morgan fingerprint density at radius 1 is 1.10 bits per heavy atom. The number of aliphatic imine (C=N–C) groups is 1. The molecule has 1 unspecified atom stereocenters. The van der Waals surface area contributed by atoms with Crippen LogP contribution in [0.3, 0.4) is 0 Å². The van der Waals surface area contributed by atoms with Crippen molar-refractivity contribution in [2.24, 2.45) is 10.9 Å². The number of benzene rings is 1. The zero-order chi connectivity index (χ0) is 20.3. The number of aromatic nitrogens is 1. The third-order valence-corrected chi connectivity index (χ3v) is 5.05. The van der Waals surface area contributed by atoms with Crippen LogP contribution in [0.25, 0.3) is 0 Å². The number of nitrogens with zero attached hydrogens (tertiary/aromatic N) is 3. The minimum absolute atomic E-state index is 0.388. The van der Waals surface area contributed by atoms with Gasteiger partial charge in [0.2, 0.25) is 0 Å². The number of nitrogens with one attached hydrogen (secondary N) is 2. The van der Waals surface area contributed by atoms with Gasteiger partial charge in [-0.05, 0) is 36.0 Å². The van der Waals surface area contributed by atoms with Crippen LogP contribution >= 0.6 is 0 Å². The molecular weight excluding hydrogens is 362 g/mol. The molecule has 0 bridgehead atoms. The first kappa shape index (κ1) is 21.1. The van der Waals surface area contributed by atoms with E-state index in [2.05, 4.69) is 56.7 Å². The van der Waals surface area contributed by atoms with E-state index in [0.29, 0.717) is 25.7 Å². The van der Waals surface area contributed by atoms with Gasteiger partial charge in [-0.1, -0.05) is 43.3 Å². The molecule has 2 aromatic rings. The van der Waals surface area contributed by atoms with Crippen LogP contribution in [0.2, 0.25) is 0 Å². The maximum Gasteiger partial charge on any atom is 0.191 e. The molecule has 1 saturated heterocycles. The fourth-order valence-corrected chi connectivity index (χ4v) is 3.34. The molecular formula is C23H33N5O. The fourth-order valence-electron chi connectivity index (χ4n) is 3.34. The lowest BCUT2D eigenvalue weighted by Crippen LogP contribution is -2.39. The molecule has 1 aromatic heterocycles. The van der Waals surface area contributed by atoms with E-state index in [1.165, 1.54) is 18.4 Å². The van der Waals surface area contributed by atoms with Gasteiger partial charge >= 0.3 is 0 Å². The highest BCUT2D eigenvalue weighted by molar-refractivity contribution is 5.79. The lowest BCUT2D eigenvalue weighted by Gasteiger charge is -2.17. The average molecular weight is 396 g/mol. The predicted molar refractivity (Wildman–Crippen MR) is 119 cm³/mol. The molecule has 3 rings (SSSR count). The first-order valence-electron chi connectivity index (χ1n) is 10.5. The molecule has 0 amide bonds. The normalized spacial score (nSPS) is 15.4. The second kappa shape index (κ2) is 11.4. The standard InChI is InChI=1S/C23H33N5O/c1-19(17-29-18-20-8-4-3-5-9-20)14-26-23(24-2)27-16-21-10-11-22(25-15-21)28-12-6-7-13-28/h3-5,8-11,15,19H,6-7,12-14,16-18H2,1-2H3,(H2,24,26,27). The van der Waals surface area contributed by atoms with Crippen LogP contribution in [0.15, 0.2) is 53.7 Å². The minimum Gasteiger partial charge on any atom is -0.376 e. The third kappa shape index (κ3) is 7.06. The smallest absolute Gasteiger partial charge is 0.191 e. The maximum atomic E-state index is 5.82. The average Bonchev–Trinajstić information content (AvgIpc) is 3.30. The van der Waals surface area contributed by atoms with Gasteiger partial charge in [-0.3, -0.25) is 4.99 Å². The van der Waals surface area contributed by atoms with Gasteiger partial charge in [-0.15, -0.1) is 0 Å². The fraction of sp³-hybridized carbons (Fsp3) is 0.478. The molecule has 2 N–H and O–H groups in total. The molecule has 1 aliphatic heterocycles. The summed E-state index contributed by atoms with van der Waals surface area (Å²) in [5, 5.41) is 6.73. The maximum absolute atomic E-state index is 5.82. The van der Waals surface area contributed by atoms with Crippen LogP contribution < -0.4 is 15.5 Å². The molecule has 1 aliphatic rings. The third-order valence-electron chi connectivity index (χ3n) is 5.05. The molecule has 0 saturated carbocycles. The summed E-state index contributed by atoms with van der Waals surface area (Å²) in [5.74, 6) is 2.26. The Balaban J connectivity index is 1.34. The van der Waals surface area contributed by atoms with Crippen molar-refractivity contribution in [2.45, 2.75) is 32.9 Å². The minimum atomic E-state index is 0.388. The summed E-state index contributed by atoms with van der Waals surface area (Å²) in [7, 11) is 1.79. The monoisotopic (exact) mass is 395 g/mol. The second-order valence-corrected chi connectivity index (χ2v) is 7.63. The van der Waals surface area contributed by atoms with Gasteiger partial charge in [0.1, 0.15) is 5.82 Å². The number of guanidine groups is 1. The van der Waals surface area contributed by atoms with Crippen LogP contribution in [0.4, 0.5) is 5.82 Å². The molecule has 6 heteroatoms. The van der Waals surface area contributed by atoms with Gasteiger partial charge in [0, 0.05) is 39.4 Å². The Labute approximate surface area is 174 Å². The Bertz CT molecular complexity index is 742. The number of ether oxygens (including phenoxy) is 1. The largest absolute Gasteiger partial charge is 0.376 e. The van der Waals surface area contributed by atoms with E-state index in [4.69, 9.17) is 4.74 Å². The van der Waals surface area contributed by atoms with Crippen LogP contribution in [0.5, 0.6) is 0 Å². The number of anilines is 1. The van der Waals surface area contributed by atoms with E-state index in [-0.39, 0.29) is 0 Å². The SMILES string of the molecule is CN=C(NCc1ccc(N2CCCC2)nc1)NCC(C)COCc1ccccc1. The topological polar surface area (TPSA) is 61.8 Å². The van der Waals surface area contributed by atoms with Crippen LogP contribution in [0.1, 0.15) is 30.9 Å². The van der Waals surface area contributed by atoms with Crippen molar-refractivity contribution in [3.05, 3.63) is 59.8 Å². The second-order valence-electron chi connectivity index (χ2n) is 7.63. The number of hydrogen-bond acceptors (Lipinski definition) is 4. The highest BCUT2D eigenvalue weighted by Gasteiger charge is 2.13. The van der Waals surface area contributed by atoms with Gasteiger partial charge in [0.05, 0.1) is 13.2 Å². The first-order chi connectivity index (χ1) is 14.2. The Morgan fingerprint density at radius 2 is 1.90 bits per heavy atom.